The minimum absolute atomic E-state index is 0.131. The van der Waals surface area contributed by atoms with Gasteiger partial charge in [-0.05, 0) is 19.4 Å². The van der Waals surface area contributed by atoms with Gasteiger partial charge >= 0.3 is 0 Å². The van der Waals surface area contributed by atoms with Crippen molar-refractivity contribution in [3.63, 3.8) is 0 Å². The summed E-state index contributed by atoms with van der Waals surface area (Å²) in [6, 6.07) is 5.73. The average molecular weight is 355 g/mol. The number of nitrogens with one attached hydrogen (secondary N) is 1. The van der Waals surface area contributed by atoms with Crippen LogP contribution in [0.1, 0.15) is 31.4 Å². The van der Waals surface area contributed by atoms with Gasteiger partial charge in [0.1, 0.15) is 18.5 Å². The van der Waals surface area contributed by atoms with Crippen LogP contribution in [-0.2, 0) is 19.5 Å². The monoisotopic (exact) mass is 355 g/mol. The maximum Gasteiger partial charge on any atom is 0.213 e. The van der Waals surface area contributed by atoms with Crippen molar-refractivity contribution in [2.45, 2.75) is 45.4 Å². The molecule has 4 rings (SSSR count). The normalized spacial score (nSPS) is 19.7. The van der Waals surface area contributed by atoms with E-state index in [1.165, 1.54) is 0 Å². The van der Waals surface area contributed by atoms with Crippen molar-refractivity contribution in [2.75, 3.05) is 19.6 Å². The number of pyridine rings is 1. The highest BCUT2D eigenvalue weighted by molar-refractivity contribution is 5.80. The van der Waals surface area contributed by atoms with Gasteiger partial charge in [-0.2, -0.15) is 0 Å². The zero-order chi connectivity index (χ0) is 17.8. The Morgan fingerprint density at radius 1 is 1.35 bits per heavy atom. The van der Waals surface area contributed by atoms with Crippen LogP contribution in [-0.4, -0.2) is 56.3 Å². The molecule has 1 unspecified atom stereocenters. The maximum atomic E-state index is 5.98. The fraction of sp³-hybridized carbons (Fsp3) is 0.556. The summed E-state index contributed by atoms with van der Waals surface area (Å²) in [5, 5.41) is 11.9. The van der Waals surface area contributed by atoms with E-state index < -0.39 is 0 Å². The lowest BCUT2D eigenvalue weighted by atomic mass is 10.3. The summed E-state index contributed by atoms with van der Waals surface area (Å²) in [6.45, 7) is 6.20. The standard InChI is InChI=1S/C18H25N7O/c1-2-19-18(21-12-16-23-22-15-6-5-10-25(15)16)24-11-8-14(13-24)26-17-7-3-4-9-20-17/h3-4,7,9,14H,2,5-6,8,10-13H2,1H3,(H,19,21). The number of fused-ring (bicyclic) bond motifs is 1. The van der Waals surface area contributed by atoms with E-state index in [0.29, 0.717) is 12.4 Å². The van der Waals surface area contributed by atoms with Crippen LogP contribution in [0.5, 0.6) is 5.88 Å². The van der Waals surface area contributed by atoms with Crippen molar-refractivity contribution in [1.82, 2.24) is 30.0 Å². The Balaban J connectivity index is 1.40. The van der Waals surface area contributed by atoms with Gasteiger partial charge in [-0.25, -0.2) is 9.98 Å². The molecular formula is C18H25N7O. The van der Waals surface area contributed by atoms with Gasteiger partial charge in [0.05, 0.1) is 6.54 Å². The predicted molar refractivity (Wildman–Crippen MR) is 98.0 cm³/mol. The second-order valence-electron chi connectivity index (χ2n) is 6.60. The highest BCUT2D eigenvalue weighted by Crippen LogP contribution is 2.17. The van der Waals surface area contributed by atoms with Crippen LogP contribution in [0.25, 0.3) is 0 Å². The number of aryl methyl sites for hydroxylation is 1. The Kier molecular flexibility index (Phi) is 4.99. The first-order valence-electron chi connectivity index (χ1n) is 9.35. The smallest absolute Gasteiger partial charge is 0.213 e. The Labute approximate surface area is 153 Å². The minimum Gasteiger partial charge on any atom is -0.472 e. The molecule has 0 aliphatic carbocycles. The van der Waals surface area contributed by atoms with E-state index in [1.807, 2.05) is 18.2 Å². The molecule has 1 atom stereocenters. The fourth-order valence-corrected chi connectivity index (χ4v) is 3.50. The summed E-state index contributed by atoms with van der Waals surface area (Å²) in [4.78, 5) is 11.3. The third kappa shape index (κ3) is 3.63. The van der Waals surface area contributed by atoms with Crippen LogP contribution < -0.4 is 10.1 Å². The van der Waals surface area contributed by atoms with Gasteiger partial charge in [0, 0.05) is 44.7 Å². The Morgan fingerprint density at radius 2 is 2.31 bits per heavy atom. The molecule has 0 aromatic carbocycles. The van der Waals surface area contributed by atoms with E-state index in [-0.39, 0.29) is 6.10 Å². The zero-order valence-corrected chi connectivity index (χ0v) is 15.1. The van der Waals surface area contributed by atoms with Crippen LogP contribution in [0.4, 0.5) is 0 Å². The molecule has 26 heavy (non-hydrogen) atoms. The lowest BCUT2D eigenvalue weighted by Crippen LogP contribution is -2.41. The molecule has 8 heteroatoms. The second kappa shape index (κ2) is 7.72. The molecule has 0 bridgehead atoms. The van der Waals surface area contributed by atoms with E-state index in [4.69, 9.17) is 9.73 Å². The molecular weight excluding hydrogens is 330 g/mol. The third-order valence-electron chi connectivity index (χ3n) is 4.76. The van der Waals surface area contributed by atoms with Gasteiger partial charge in [0.15, 0.2) is 11.8 Å². The summed E-state index contributed by atoms with van der Waals surface area (Å²) in [5.74, 6) is 3.63. The van der Waals surface area contributed by atoms with E-state index in [9.17, 15) is 0 Å². The van der Waals surface area contributed by atoms with Crippen molar-refractivity contribution in [1.29, 1.82) is 0 Å². The molecule has 8 nitrogen and oxygen atoms in total. The summed E-state index contributed by atoms with van der Waals surface area (Å²) >= 11 is 0. The number of aromatic nitrogens is 4. The van der Waals surface area contributed by atoms with Crippen LogP contribution >= 0.6 is 0 Å². The molecule has 1 N–H and O–H groups in total. The minimum atomic E-state index is 0.131. The van der Waals surface area contributed by atoms with E-state index >= 15 is 0 Å². The zero-order valence-electron chi connectivity index (χ0n) is 15.1. The number of aliphatic imine (C=N–C) groups is 1. The van der Waals surface area contributed by atoms with Crippen LogP contribution in [0.2, 0.25) is 0 Å². The third-order valence-corrected chi connectivity index (χ3v) is 4.76. The highest BCUT2D eigenvalue weighted by atomic mass is 16.5. The lowest BCUT2D eigenvalue weighted by Gasteiger charge is -2.21. The van der Waals surface area contributed by atoms with Crippen molar-refractivity contribution in [3.8, 4) is 5.88 Å². The number of nitrogens with zero attached hydrogens (tertiary/aromatic N) is 6. The summed E-state index contributed by atoms with van der Waals surface area (Å²) in [7, 11) is 0. The lowest BCUT2D eigenvalue weighted by molar-refractivity contribution is 0.205. The quantitative estimate of drug-likeness (QED) is 0.642. The Morgan fingerprint density at radius 3 is 3.15 bits per heavy atom. The van der Waals surface area contributed by atoms with Gasteiger partial charge in [-0.1, -0.05) is 6.07 Å². The topological polar surface area (TPSA) is 80.5 Å². The van der Waals surface area contributed by atoms with E-state index in [1.54, 1.807) is 6.20 Å². The molecule has 0 spiro atoms. The van der Waals surface area contributed by atoms with Gasteiger partial charge in [-0.3, -0.25) is 0 Å². The Hall–Kier alpha value is -2.64. The van der Waals surface area contributed by atoms with Crippen molar-refractivity contribution in [3.05, 3.63) is 36.0 Å². The molecule has 1 fully saturated rings. The summed E-state index contributed by atoms with van der Waals surface area (Å²) < 4.78 is 8.18. The number of hydrogen-bond acceptors (Lipinski definition) is 5. The molecule has 138 valence electrons. The maximum absolute atomic E-state index is 5.98. The van der Waals surface area contributed by atoms with Crippen LogP contribution in [0.15, 0.2) is 29.4 Å². The van der Waals surface area contributed by atoms with Crippen LogP contribution in [0.3, 0.4) is 0 Å². The van der Waals surface area contributed by atoms with Gasteiger partial charge in [-0.15, -0.1) is 10.2 Å². The van der Waals surface area contributed by atoms with Crippen molar-refractivity contribution in [2.24, 2.45) is 4.99 Å². The van der Waals surface area contributed by atoms with Crippen molar-refractivity contribution >= 4 is 5.96 Å². The average Bonchev–Trinajstić information content (AvgIpc) is 3.37. The van der Waals surface area contributed by atoms with E-state index in [2.05, 4.69) is 36.9 Å². The van der Waals surface area contributed by atoms with Crippen molar-refractivity contribution < 1.29 is 4.74 Å². The summed E-state index contributed by atoms with van der Waals surface area (Å²) in [5.41, 5.74) is 0. The molecule has 0 amide bonds. The molecule has 4 heterocycles. The molecule has 1 saturated heterocycles. The molecule has 0 radical (unpaired) electrons. The van der Waals surface area contributed by atoms with E-state index in [0.717, 1.165) is 63.0 Å². The number of rotatable bonds is 5. The largest absolute Gasteiger partial charge is 0.472 e. The first kappa shape index (κ1) is 16.8. The first-order valence-corrected chi connectivity index (χ1v) is 9.35. The molecule has 0 saturated carbocycles. The molecule has 2 aliphatic heterocycles. The predicted octanol–water partition coefficient (Wildman–Crippen LogP) is 1.24. The van der Waals surface area contributed by atoms with Gasteiger partial charge in [0.25, 0.3) is 0 Å². The first-order chi connectivity index (χ1) is 12.8. The molecule has 2 aromatic heterocycles. The van der Waals surface area contributed by atoms with Gasteiger partial charge in [0.2, 0.25) is 5.88 Å². The fourth-order valence-electron chi connectivity index (χ4n) is 3.50. The van der Waals surface area contributed by atoms with Gasteiger partial charge < -0.3 is 19.5 Å². The van der Waals surface area contributed by atoms with Crippen LogP contribution in [0, 0.1) is 0 Å². The molecule has 2 aliphatic rings. The number of likely N-dealkylation sites (tertiary alicyclic amines) is 1. The molecule has 2 aromatic rings. The highest BCUT2D eigenvalue weighted by Gasteiger charge is 2.27. The Bertz CT molecular complexity index is 758. The number of hydrogen-bond donors (Lipinski definition) is 1. The SMILES string of the molecule is CCNC(=NCc1nnc2n1CCC2)N1CCC(Oc2ccccn2)C1. The number of guanidine groups is 1. The summed E-state index contributed by atoms with van der Waals surface area (Å²) in [6.07, 6.45) is 5.02. The number of ether oxygens (including phenoxy) is 1. The second-order valence-corrected chi connectivity index (χ2v) is 6.60.